The van der Waals surface area contributed by atoms with Gasteiger partial charge in [0.25, 0.3) is 5.91 Å². The summed E-state index contributed by atoms with van der Waals surface area (Å²) in [7, 11) is 0. The van der Waals surface area contributed by atoms with E-state index in [0.29, 0.717) is 11.8 Å². The fourth-order valence-electron chi connectivity index (χ4n) is 2.56. The van der Waals surface area contributed by atoms with Crippen LogP contribution >= 0.6 is 0 Å². The molecule has 0 saturated heterocycles. The molecular weight excluding hydrogens is 360 g/mol. The summed E-state index contributed by atoms with van der Waals surface area (Å²) in [4.78, 5) is 51.5. The molecule has 0 aliphatic rings. The molecule has 8 heteroatoms. The van der Waals surface area contributed by atoms with Crippen LogP contribution in [0.25, 0.3) is 10.8 Å². The molecule has 0 bridgehead atoms. The third-order valence-electron chi connectivity index (χ3n) is 4.27. The second-order valence-corrected chi connectivity index (χ2v) is 6.79. The van der Waals surface area contributed by atoms with Crippen molar-refractivity contribution in [3.05, 3.63) is 42.2 Å². The van der Waals surface area contributed by atoms with E-state index in [1.54, 1.807) is 26.1 Å². The zero-order valence-corrected chi connectivity index (χ0v) is 16.1. The summed E-state index contributed by atoms with van der Waals surface area (Å²) in [5.41, 5.74) is 0.363. The van der Waals surface area contributed by atoms with Gasteiger partial charge in [0.15, 0.2) is 0 Å². The molecule has 3 N–H and O–H groups in total. The van der Waals surface area contributed by atoms with E-state index < -0.39 is 29.8 Å². The number of carbonyl (C=O) groups excluding carboxylic acids is 4. The lowest BCUT2D eigenvalue weighted by atomic mass is 10.1. The van der Waals surface area contributed by atoms with E-state index in [0.717, 1.165) is 10.8 Å². The van der Waals surface area contributed by atoms with Gasteiger partial charge >= 0.3 is 0 Å². The van der Waals surface area contributed by atoms with Crippen molar-refractivity contribution in [2.45, 2.75) is 32.9 Å². The Kier molecular flexibility index (Phi) is 7.20. The molecule has 148 valence electrons. The van der Waals surface area contributed by atoms with Gasteiger partial charge in [0.1, 0.15) is 12.3 Å². The maximum absolute atomic E-state index is 12.4. The summed E-state index contributed by atoms with van der Waals surface area (Å²) in [6.07, 6.45) is 3.76. The summed E-state index contributed by atoms with van der Waals surface area (Å²) in [6, 6.07) is 5.85. The highest BCUT2D eigenvalue weighted by Gasteiger charge is 2.21. The molecule has 28 heavy (non-hydrogen) atoms. The van der Waals surface area contributed by atoms with Crippen molar-refractivity contribution in [2.24, 2.45) is 5.92 Å². The number of rotatable bonds is 8. The standard InChI is InChI=1S/C20H24N4O4/c1-12(2)17(11-25)24-19(27)13(3)23-18(26)10-22-20(28)16-9-21-8-14-6-4-5-7-15(14)16/h4-9,11-13,17H,10H2,1-3H3,(H,22,28)(H,23,26)(H,24,27)/t13-,17+/m0/s1. The zero-order valence-electron chi connectivity index (χ0n) is 16.1. The van der Waals surface area contributed by atoms with E-state index >= 15 is 0 Å². The Bertz CT molecular complexity index is 876. The Morgan fingerprint density at radius 1 is 1.07 bits per heavy atom. The number of benzene rings is 1. The first-order valence-electron chi connectivity index (χ1n) is 8.99. The van der Waals surface area contributed by atoms with E-state index in [1.807, 2.05) is 18.2 Å². The number of amides is 3. The second-order valence-electron chi connectivity index (χ2n) is 6.79. The summed E-state index contributed by atoms with van der Waals surface area (Å²) >= 11 is 0. The minimum atomic E-state index is -0.843. The topological polar surface area (TPSA) is 117 Å². The van der Waals surface area contributed by atoms with Crippen molar-refractivity contribution in [3.8, 4) is 0 Å². The normalized spacial score (nSPS) is 12.9. The minimum absolute atomic E-state index is 0.0575. The van der Waals surface area contributed by atoms with Gasteiger partial charge in [-0.25, -0.2) is 0 Å². The first-order chi connectivity index (χ1) is 13.3. The van der Waals surface area contributed by atoms with Gasteiger partial charge in [0, 0.05) is 17.8 Å². The number of aldehydes is 1. The molecule has 0 saturated carbocycles. The number of aromatic nitrogens is 1. The lowest BCUT2D eigenvalue weighted by molar-refractivity contribution is -0.129. The maximum atomic E-state index is 12.4. The third kappa shape index (κ3) is 5.35. The molecule has 0 fully saturated rings. The van der Waals surface area contributed by atoms with Crippen LogP contribution in [0.1, 0.15) is 31.1 Å². The second kappa shape index (κ2) is 9.59. The predicted molar refractivity (Wildman–Crippen MR) is 105 cm³/mol. The molecule has 8 nitrogen and oxygen atoms in total. The molecule has 1 heterocycles. The van der Waals surface area contributed by atoms with Gasteiger partial charge < -0.3 is 20.7 Å². The number of fused-ring (bicyclic) bond motifs is 1. The number of nitrogens with zero attached hydrogens (tertiary/aromatic N) is 1. The highest BCUT2D eigenvalue weighted by atomic mass is 16.2. The largest absolute Gasteiger partial charge is 0.345 e. The Labute approximate surface area is 163 Å². The average Bonchev–Trinajstić information content (AvgIpc) is 2.69. The molecule has 0 radical (unpaired) electrons. The van der Waals surface area contributed by atoms with Gasteiger partial charge in [-0.1, -0.05) is 38.1 Å². The number of hydrogen-bond donors (Lipinski definition) is 3. The molecule has 1 aromatic heterocycles. The lowest BCUT2D eigenvalue weighted by Gasteiger charge is -2.20. The van der Waals surface area contributed by atoms with Gasteiger partial charge in [-0.05, 0) is 18.2 Å². The first-order valence-corrected chi connectivity index (χ1v) is 8.99. The minimum Gasteiger partial charge on any atom is -0.345 e. The monoisotopic (exact) mass is 384 g/mol. The summed E-state index contributed by atoms with van der Waals surface area (Å²) < 4.78 is 0. The van der Waals surface area contributed by atoms with Gasteiger partial charge in [-0.3, -0.25) is 19.4 Å². The third-order valence-corrected chi connectivity index (χ3v) is 4.27. The molecule has 2 atom stereocenters. The van der Waals surface area contributed by atoms with Crippen LogP contribution in [0.3, 0.4) is 0 Å². The van der Waals surface area contributed by atoms with E-state index in [9.17, 15) is 19.2 Å². The van der Waals surface area contributed by atoms with Crippen LogP contribution < -0.4 is 16.0 Å². The Balaban J connectivity index is 1.90. The van der Waals surface area contributed by atoms with Crippen LogP contribution in [0.5, 0.6) is 0 Å². The Hall–Kier alpha value is -3.29. The van der Waals surface area contributed by atoms with Crippen molar-refractivity contribution in [3.63, 3.8) is 0 Å². The van der Waals surface area contributed by atoms with Crippen molar-refractivity contribution in [1.29, 1.82) is 0 Å². The quantitative estimate of drug-likeness (QED) is 0.582. The Morgan fingerprint density at radius 2 is 1.79 bits per heavy atom. The predicted octanol–water partition coefficient (Wildman–Crippen LogP) is 0.809. The van der Waals surface area contributed by atoms with Gasteiger partial charge in [0.05, 0.1) is 18.2 Å². The fourth-order valence-corrected chi connectivity index (χ4v) is 2.56. The lowest BCUT2D eigenvalue weighted by Crippen LogP contribution is -2.51. The van der Waals surface area contributed by atoms with E-state index in [-0.39, 0.29) is 12.5 Å². The summed E-state index contributed by atoms with van der Waals surface area (Å²) in [5, 5.41) is 9.14. The van der Waals surface area contributed by atoms with Gasteiger partial charge in [0.2, 0.25) is 11.8 Å². The Morgan fingerprint density at radius 3 is 2.46 bits per heavy atom. The van der Waals surface area contributed by atoms with Crippen molar-refractivity contribution < 1.29 is 19.2 Å². The molecule has 2 rings (SSSR count). The number of nitrogens with one attached hydrogen (secondary N) is 3. The van der Waals surface area contributed by atoms with Crippen LogP contribution in [0.15, 0.2) is 36.7 Å². The van der Waals surface area contributed by atoms with Crippen molar-refractivity contribution in [1.82, 2.24) is 20.9 Å². The van der Waals surface area contributed by atoms with E-state index in [4.69, 9.17) is 0 Å². The van der Waals surface area contributed by atoms with Gasteiger partial charge in [-0.2, -0.15) is 0 Å². The van der Waals surface area contributed by atoms with Crippen LogP contribution in [-0.4, -0.2) is 47.6 Å². The zero-order chi connectivity index (χ0) is 20.7. The number of pyridine rings is 1. The van der Waals surface area contributed by atoms with Gasteiger partial charge in [-0.15, -0.1) is 0 Å². The maximum Gasteiger partial charge on any atom is 0.253 e. The van der Waals surface area contributed by atoms with Crippen LogP contribution in [-0.2, 0) is 14.4 Å². The van der Waals surface area contributed by atoms with Crippen LogP contribution in [0.4, 0.5) is 0 Å². The fraction of sp³-hybridized carbons (Fsp3) is 0.350. The van der Waals surface area contributed by atoms with Crippen LogP contribution in [0, 0.1) is 5.92 Å². The smallest absolute Gasteiger partial charge is 0.253 e. The molecule has 0 spiro atoms. The highest BCUT2D eigenvalue weighted by molar-refractivity contribution is 6.07. The molecule has 3 amide bonds. The number of hydrogen-bond acceptors (Lipinski definition) is 5. The average molecular weight is 384 g/mol. The first kappa shape index (κ1) is 21.0. The van der Waals surface area contributed by atoms with Crippen molar-refractivity contribution >= 4 is 34.8 Å². The van der Waals surface area contributed by atoms with Crippen molar-refractivity contribution in [2.75, 3.05) is 6.54 Å². The molecular formula is C20H24N4O4. The molecule has 0 unspecified atom stereocenters. The number of carbonyl (C=O) groups is 4. The van der Waals surface area contributed by atoms with E-state index in [1.165, 1.54) is 13.1 Å². The summed E-state index contributed by atoms with van der Waals surface area (Å²) in [5.74, 6) is -1.48. The van der Waals surface area contributed by atoms with Crippen LogP contribution in [0.2, 0.25) is 0 Å². The molecule has 0 aliphatic heterocycles. The summed E-state index contributed by atoms with van der Waals surface area (Å²) in [6.45, 7) is 4.83. The highest BCUT2D eigenvalue weighted by Crippen LogP contribution is 2.16. The van der Waals surface area contributed by atoms with E-state index in [2.05, 4.69) is 20.9 Å². The molecule has 1 aromatic carbocycles. The SMILES string of the molecule is CC(C)[C@@H](C=O)NC(=O)[C@H](C)NC(=O)CNC(=O)c1cncc2ccccc12. The molecule has 2 aromatic rings. The molecule has 0 aliphatic carbocycles.